The van der Waals surface area contributed by atoms with E-state index >= 15 is 0 Å². The lowest BCUT2D eigenvalue weighted by molar-refractivity contribution is -0.200. The Morgan fingerprint density at radius 1 is 1.29 bits per heavy atom. The first kappa shape index (κ1) is 11.2. The molecule has 0 aliphatic rings. The van der Waals surface area contributed by atoms with Gasteiger partial charge in [0.1, 0.15) is 5.52 Å². The van der Waals surface area contributed by atoms with Crippen molar-refractivity contribution in [3.05, 3.63) is 34.8 Å². The van der Waals surface area contributed by atoms with E-state index < -0.39 is 17.9 Å². The molecule has 0 spiro atoms. The van der Waals surface area contributed by atoms with Gasteiger partial charge in [0.15, 0.2) is 5.58 Å². The number of oxazole rings is 1. The van der Waals surface area contributed by atoms with Crippen LogP contribution in [0.3, 0.4) is 0 Å². The van der Waals surface area contributed by atoms with Crippen LogP contribution in [0.5, 0.6) is 0 Å². The minimum atomic E-state index is -5.18. The molecule has 2 rings (SSSR count). The second-order valence-electron chi connectivity index (χ2n) is 3.01. The molecule has 0 N–H and O–H groups in total. The fraction of sp³-hybridized carbons (Fsp3) is 0.111. The molecule has 8 heteroatoms. The van der Waals surface area contributed by atoms with Crippen molar-refractivity contribution in [1.82, 2.24) is 4.73 Å². The van der Waals surface area contributed by atoms with Crippen LogP contribution in [-0.4, -0.2) is 16.9 Å². The number of hydrogen-bond donors (Lipinski definition) is 0. The summed E-state index contributed by atoms with van der Waals surface area (Å²) in [7, 11) is 0. The van der Waals surface area contributed by atoms with Crippen molar-refractivity contribution in [2.24, 2.45) is 0 Å². The van der Waals surface area contributed by atoms with Crippen molar-refractivity contribution < 1.29 is 27.2 Å². The molecule has 0 amide bonds. The first-order valence-electron chi connectivity index (χ1n) is 4.29. The molecule has 0 radical (unpaired) electrons. The maximum absolute atomic E-state index is 12.0. The van der Waals surface area contributed by atoms with Crippen molar-refractivity contribution in [1.29, 1.82) is 0 Å². The molecular weight excluding hydrogens is 243 g/mol. The summed E-state index contributed by atoms with van der Waals surface area (Å²) < 4.78 is 40.6. The molecule has 0 saturated carbocycles. The minimum absolute atomic E-state index is 0.0208. The molecule has 2 aromatic rings. The lowest BCUT2D eigenvalue weighted by Gasteiger charge is -2.05. The predicted molar refractivity (Wildman–Crippen MR) is 48.1 cm³/mol. The molecule has 0 atom stereocenters. The topological polar surface area (TPSA) is 61.4 Å². The number of carbonyl (C=O) groups excluding carboxylic acids is 1. The molecule has 0 bridgehead atoms. The summed E-state index contributed by atoms with van der Waals surface area (Å²) in [5.74, 6) is -3.70. The number of para-hydroxylation sites is 2. The quantitative estimate of drug-likeness (QED) is 0.757. The lowest BCUT2D eigenvalue weighted by Crippen LogP contribution is -2.36. The van der Waals surface area contributed by atoms with E-state index in [4.69, 9.17) is 0 Å². The van der Waals surface area contributed by atoms with Gasteiger partial charge in [-0.2, -0.15) is 13.2 Å². The lowest BCUT2D eigenvalue weighted by atomic mass is 10.3. The Labute approximate surface area is 91.0 Å². The molecule has 17 heavy (non-hydrogen) atoms. The number of carbonyl (C=O) groups is 1. The first-order valence-corrected chi connectivity index (χ1v) is 4.29. The average Bonchev–Trinajstić information content (AvgIpc) is 2.54. The highest BCUT2D eigenvalue weighted by Crippen LogP contribution is 2.16. The summed E-state index contributed by atoms with van der Waals surface area (Å²) >= 11 is 0. The van der Waals surface area contributed by atoms with Crippen molar-refractivity contribution in [3.63, 3.8) is 0 Å². The highest BCUT2D eigenvalue weighted by molar-refractivity contribution is 5.78. The SMILES string of the molecule is O=C(On1c(=O)oc2ccccc21)C(F)(F)F. The molecule has 1 aromatic carbocycles. The van der Waals surface area contributed by atoms with Crippen LogP contribution in [-0.2, 0) is 4.79 Å². The summed E-state index contributed by atoms with van der Waals surface area (Å²) in [6.07, 6.45) is -5.18. The summed E-state index contributed by atoms with van der Waals surface area (Å²) in [5, 5.41) is 0. The molecule has 1 aromatic heterocycles. The van der Waals surface area contributed by atoms with Gasteiger partial charge >= 0.3 is 17.9 Å². The number of benzene rings is 1. The largest absolute Gasteiger partial charge is 0.493 e. The minimum Gasteiger partial charge on any atom is -0.405 e. The van der Waals surface area contributed by atoms with Gasteiger partial charge in [-0.05, 0) is 12.1 Å². The molecule has 5 nitrogen and oxygen atoms in total. The highest BCUT2D eigenvalue weighted by atomic mass is 19.4. The zero-order valence-corrected chi connectivity index (χ0v) is 8.02. The van der Waals surface area contributed by atoms with Gasteiger partial charge in [-0.25, -0.2) is 9.59 Å². The van der Waals surface area contributed by atoms with Crippen LogP contribution in [0.15, 0.2) is 33.5 Å². The third kappa shape index (κ3) is 2.01. The molecule has 90 valence electrons. The average molecular weight is 247 g/mol. The highest BCUT2D eigenvalue weighted by Gasteiger charge is 2.42. The second-order valence-corrected chi connectivity index (χ2v) is 3.01. The molecule has 0 unspecified atom stereocenters. The zero-order chi connectivity index (χ0) is 12.6. The molecule has 0 saturated heterocycles. The standard InChI is InChI=1S/C9H4F3NO4/c10-9(11,12)7(14)17-13-5-3-1-2-4-6(5)16-8(13)15/h1-4H. The van der Waals surface area contributed by atoms with Crippen molar-refractivity contribution in [3.8, 4) is 0 Å². The predicted octanol–water partition coefficient (Wildman–Crippen LogP) is 1.11. The van der Waals surface area contributed by atoms with Crippen LogP contribution < -0.4 is 10.6 Å². The van der Waals surface area contributed by atoms with Gasteiger partial charge in [0, 0.05) is 0 Å². The van der Waals surface area contributed by atoms with Crippen molar-refractivity contribution >= 4 is 17.1 Å². The zero-order valence-electron chi connectivity index (χ0n) is 8.02. The van der Waals surface area contributed by atoms with E-state index in [1.165, 1.54) is 24.3 Å². The van der Waals surface area contributed by atoms with Crippen molar-refractivity contribution in [2.45, 2.75) is 6.18 Å². The molecule has 1 heterocycles. The van der Waals surface area contributed by atoms with Crippen LogP contribution in [0.2, 0.25) is 0 Å². The number of hydrogen-bond acceptors (Lipinski definition) is 4. The van der Waals surface area contributed by atoms with E-state index in [0.29, 0.717) is 0 Å². The monoisotopic (exact) mass is 247 g/mol. The number of aromatic nitrogens is 1. The van der Waals surface area contributed by atoms with Gasteiger partial charge in [-0.3, -0.25) is 0 Å². The number of fused-ring (bicyclic) bond motifs is 1. The van der Waals surface area contributed by atoms with E-state index in [2.05, 4.69) is 9.25 Å². The Hall–Kier alpha value is -2.25. The smallest absolute Gasteiger partial charge is 0.405 e. The number of halogens is 3. The second kappa shape index (κ2) is 3.65. The van der Waals surface area contributed by atoms with Crippen LogP contribution in [0, 0.1) is 0 Å². The fourth-order valence-electron chi connectivity index (χ4n) is 1.17. The number of rotatable bonds is 1. The van der Waals surface area contributed by atoms with Gasteiger partial charge in [0.25, 0.3) is 0 Å². The Balaban J connectivity index is 2.46. The van der Waals surface area contributed by atoms with E-state index in [9.17, 15) is 22.8 Å². The van der Waals surface area contributed by atoms with Crippen LogP contribution in [0.1, 0.15) is 0 Å². The number of alkyl halides is 3. The molecule has 0 aliphatic heterocycles. The summed E-state index contributed by atoms with van der Waals surface area (Å²) in [6, 6.07) is 5.61. The Morgan fingerprint density at radius 3 is 2.59 bits per heavy atom. The number of nitrogens with zero attached hydrogens (tertiary/aromatic N) is 1. The van der Waals surface area contributed by atoms with Gasteiger partial charge < -0.3 is 9.25 Å². The molecule has 0 aliphatic carbocycles. The summed E-state index contributed by atoms with van der Waals surface area (Å²) in [4.78, 5) is 25.6. The normalized spacial score (nSPS) is 11.7. The summed E-state index contributed by atoms with van der Waals surface area (Å²) in [6.45, 7) is 0. The third-order valence-corrected chi connectivity index (χ3v) is 1.85. The molecular formula is C9H4F3NO4. The maximum Gasteiger partial charge on any atom is 0.493 e. The maximum atomic E-state index is 12.0. The van der Waals surface area contributed by atoms with Gasteiger partial charge in [-0.1, -0.05) is 16.9 Å². The summed E-state index contributed by atoms with van der Waals surface area (Å²) in [5.41, 5.74) is -0.0393. The van der Waals surface area contributed by atoms with E-state index in [0.717, 1.165) is 0 Å². The first-order chi connectivity index (χ1) is 7.89. The Morgan fingerprint density at radius 2 is 1.94 bits per heavy atom. The van der Waals surface area contributed by atoms with Crippen LogP contribution in [0.25, 0.3) is 11.1 Å². The third-order valence-electron chi connectivity index (χ3n) is 1.85. The van der Waals surface area contributed by atoms with Gasteiger partial charge in [-0.15, -0.1) is 0 Å². The van der Waals surface area contributed by atoms with Gasteiger partial charge in [0.05, 0.1) is 0 Å². The van der Waals surface area contributed by atoms with Crippen molar-refractivity contribution in [2.75, 3.05) is 0 Å². The van der Waals surface area contributed by atoms with Gasteiger partial charge in [0.2, 0.25) is 0 Å². The molecule has 0 fully saturated rings. The fourth-order valence-corrected chi connectivity index (χ4v) is 1.17. The van der Waals surface area contributed by atoms with E-state index in [1.807, 2.05) is 0 Å². The van der Waals surface area contributed by atoms with E-state index in [1.54, 1.807) is 0 Å². The Bertz CT molecular complexity index is 625. The Kier molecular flexibility index (Phi) is 2.41. The van der Waals surface area contributed by atoms with E-state index in [-0.39, 0.29) is 15.8 Å². The van der Waals surface area contributed by atoms with Crippen LogP contribution in [0.4, 0.5) is 13.2 Å². The van der Waals surface area contributed by atoms with Crippen LogP contribution >= 0.6 is 0 Å².